The minimum absolute atomic E-state index is 0.316. The number of carboxylic acid groups (broad SMARTS) is 1. The molecule has 0 bridgehead atoms. The van der Waals surface area contributed by atoms with Gasteiger partial charge < -0.3 is 15.7 Å². The second-order valence-corrected chi connectivity index (χ2v) is 4.40. The van der Waals surface area contributed by atoms with Crippen molar-refractivity contribution in [3.05, 3.63) is 34.9 Å². The molecule has 2 rings (SSSR count). The third-order valence-corrected chi connectivity index (χ3v) is 3.10. The standard InChI is InChI=1S/C13H16N2O3/c1-8(13(17)18)15-12(16)11-4-2-3-9-7-14-6-5-10(9)11/h2-4,8,14H,5-7H2,1H3,(H,15,16)(H,17,18). The van der Waals surface area contributed by atoms with Gasteiger partial charge >= 0.3 is 5.97 Å². The number of carbonyl (C=O) groups excluding carboxylic acids is 1. The molecule has 1 aromatic rings. The van der Waals surface area contributed by atoms with Crippen LogP contribution in [0.5, 0.6) is 0 Å². The summed E-state index contributed by atoms with van der Waals surface area (Å²) in [5, 5.41) is 14.5. The number of hydrogen-bond donors (Lipinski definition) is 3. The lowest BCUT2D eigenvalue weighted by atomic mass is 9.95. The van der Waals surface area contributed by atoms with Crippen molar-refractivity contribution < 1.29 is 14.7 Å². The molecule has 0 radical (unpaired) electrons. The molecule has 0 saturated heterocycles. The van der Waals surface area contributed by atoms with Gasteiger partial charge in [-0.25, -0.2) is 0 Å². The molecule has 0 fully saturated rings. The molecule has 1 aliphatic heterocycles. The number of benzene rings is 1. The van der Waals surface area contributed by atoms with Crippen LogP contribution in [0.25, 0.3) is 0 Å². The molecule has 18 heavy (non-hydrogen) atoms. The molecule has 1 aromatic carbocycles. The molecule has 3 N–H and O–H groups in total. The molecule has 5 nitrogen and oxygen atoms in total. The summed E-state index contributed by atoms with van der Waals surface area (Å²) >= 11 is 0. The van der Waals surface area contributed by atoms with Crippen molar-refractivity contribution in [1.82, 2.24) is 10.6 Å². The smallest absolute Gasteiger partial charge is 0.325 e. The highest BCUT2D eigenvalue weighted by Crippen LogP contribution is 2.18. The van der Waals surface area contributed by atoms with Gasteiger partial charge in [-0.2, -0.15) is 0 Å². The molecule has 0 spiro atoms. The largest absolute Gasteiger partial charge is 0.480 e. The summed E-state index contributed by atoms with van der Waals surface area (Å²) in [5.41, 5.74) is 2.71. The Morgan fingerprint density at radius 1 is 1.44 bits per heavy atom. The zero-order chi connectivity index (χ0) is 13.1. The van der Waals surface area contributed by atoms with E-state index in [4.69, 9.17) is 5.11 Å². The second kappa shape index (κ2) is 5.18. The van der Waals surface area contributed by atoms with Gasteiger partial charge in [0.1, 0.15) is 6.04 Å². The minimum Gasteiger partial charge on any atom is -0.480 e. The van der Waals surface area contributed by atoms with E-state index >= 15 is 0 Å². The number of carbonyl (C=O) groups is 2. The first-order chi connectivity index (χ1) is 8.59. The normalized spacial score (nSPS) is 15.6. The maximum absolute atomic E-state index is 12.0. The van der Waals surface area contributed by atoms with Crippen molar-refractivity contribution in [3.8, 4) is 0 Å². The zero-order valence-electron chi connectivity index (χ0n) is 10.2. The number of rotatable bonds is 3. The lowest BCUT2D eigenvalue weighted by Gasteiger charge is -2.20. The Morgan fingerprint density at radius 2 is 2.22 bits per heavy atom. The summed E-state index contributed by atoms with van der Waals surface area (Å²) in [7, 11) is 0. The highest BCUT2D eigenvalue weighted by molar-refractivity contribution is 5.98. The van der Waals surface area contributed by atoms with Crippen LogP contribution >= 0.6 is 0 Å². The average molecular weight is 248 g/mol. The van der Waals surface area contributed by atoms with Gasteiger partial charge in [-0.05, 0) is 37.1 Å². The van der Waals surface area contributed by atoms with Crippen molar-refractivity contribution in [2.45, 2.75) is 25.9 Å². The van der Waals surface area contributed by atoms with Crippen LogP contribution in [0.1, 0.15) is 28.4 Å². The molecule has 1 atom stereocenters. The molecule has 5 heteroatoms. The molecule has 1 aliphatic rings. The highest BCUT2D eigenvalue weighted by atomic mass is 16.4. The fourth-order valence-corrected chi connectivity index (χ4v) is 2.08. The lowest BCUT2D eigenvalue weighted by Crippen LogP contribution is -2.39. The summed E-state index contributed by atoms with van der Waals surface area (Å²) in [6.07, 6.45) is 0.792. The number of amides is 1. The van der Waals surface area contributed by atoms with Crippen LogP contribution in [0.4, 0.5) is 0 Å². The van der Waals surface area contributed by atoms with Gasteiger partial charge in [0.05, 0.1) is 0 Å². The minimum atomic E-state index is -1.03. The van der Waals surface area contributed by atoms with E-state index in [0.29, 0.717) is 5.56 Å². The molecule has 1 unspecified atom stereocenters. The molecular weight excluding hydrogens is 232 g/mol. The summed E-state index contributed by atoms with van der Waals surface area (Å²) in [6, 6.07) is 4.68. The van der Waals surface area contributed by atoms with E-state index in [2.05, 4.69) is 10.6 Å². The van der Waals surface area contributed by atoms with E-state index < -0.39 is 12.0 Å². The van der Waals surface area contributed by atoms with Crippen LogP contribution < -0.4 is 10.6 Å². The van der Waals surface area contributed by atoms with Crippen LogP contribution in [0, 0.1) is 0 Å². The maximum Gasteiger partial charge on any atom is 0.325 e. The van der Waals surface area contributed by atoms with Crippen molar-refractivity contribution in [2.75, 3.05) is 6.54 Å². The average Bonchev–Trinajstić information content (AvgIpc) is 2.37. The van der Waals surface area contributed by atoms with E-state index in [0.717, 1.165) is 30.6 Å². The van der Waals surface area contributed by atoms with Crippen LogP contribution in [0.3, 0.4) is 0 Å². The Bertz CT molecular complexity index is 485. The van der Waals surface area contributed by atoms with Gasteiger partial charge in [-0.1, -0.05) is 12.1 Å². The van der Waals surface area contributed by atoms with Crippen molar-refractivity contribution in [3.63, 3.8) is 0 Å². The van der Waals surface area contributed by atoms with Gasteiger partial charge in [0.2, 0.25) is 0 Å². The predicted octanol–water partition coefficient (Wildman–Crippen LogP) is 0.535. The van der Waals surface area contributed by atoms with E-state index in [-0.39, 0.29) is 5.91 Å². The Balaban J connectivity index is 2.23. The molecule has 0 aliphatic carbocycles. The van der Waals surface area contributed by atoms with E-state index in [1.807, 2.05) is 12.1 Å². The quantitative estimate of drug-likeness (QED) is 0.729. The van der Waals surface area contributed by atoms with Crippen LogP contribution in [0.2, 0.25) is 0 Å². The first-order valence-corrected chi connectivity index (χ1v) is 5.94. The summed E-state index contributed by atoms with van der Waals surface area (Å²) < 4.78 is 0. The molecule has 0 saturated carbocycles. The molecular formula is C13H16N2O3. The fourth-order valence-electron chi connectivity index (χ4n) is 2.08. The summed E-state index contributed by atoms with van der Waals surface area (Å²) in [5.74, 6) is -1.35. The van der Waals surface area contributed by atoms with Crippen LogP contribution in [-0.2, 0) is 17.8 Å². The summed E-state index contributed by atoms with van der Waals surface area (Å²) in [4.78, 5) is 22.8. The van der Waals surface area contributed by atoms with Gasteiger partial charge in [-0.3, -0.25) is 9.59 Å². The van der Waals surface area contributed by atoms with E-state index in [9.17, 15) is 9.59 Å². The molecule has 0 aromatic heterocycles. The Morgan fingerprint density at radius 3 is 2.94 bits per heavy atom. The number of carboxylic acids is 1. The molecule has 1 heterocycles. The topological polar surface area (TPSA) is 78.4 Å². The zero-order valence-corrected chi connectivity index (χ0v) is 10.2. The van der Waals surface area contributed by atoms with E-state index in [1.54, 1.807) is 6.07 Å². The van der Waals surface area contributed by atoms with Gasteiger partial charge in [0, 0.05) is 12.1 Å². The fraction of sp³-hybridized carbons (Fsp3) is 0.385. The van der Waals surface area contributed by atoms with Crippen molar-refractivity contribution in [2.24, 2.45) is 0 Å². The van der Waals surface area contributed by atoms with Crippen molar-refractivity contribution in [1.29, 1.82) is 0 Å². The maximum atomic E-state index is 12.0. The Hall–Kier alpha value is -1.88. The third kappa shape index (κ3) is 2.51. The Labute approximate surface area is 105 Å². The second-order valence-electron chi connectivity index (χ2n) is 4.40. The summed E-state index contributed by atoms with van der Waals surface area (Å²) in [6.45, 7) is 3.05. The number of nitrogens with one attached hydrogen (secondary N) is 2. The van der Waals surface area contributed by atoms with E-state index in [1.165, 1.54) is 6.92 Å². The van der Waals surface area contributed by atoms with Crippen LogP contribution in [-0.4, -0.2) is 29.6 Å². The Kier molecular flexibility index (Phi) is 3.62. The first kappa shape index (κ1) is 12.6. The van der Waals surface area contributed by atoms with Crippen molar-refractivity contribution >= 4 is 11.9 Å². The van der Waals surface area contributed by atoms with Gasteiger partial charge in [0.25, 0.3) is 5.91 Å². The lowest BCUT2D eigenvalue weighted by molar-refractivity contribution is -0.138. The molecule has 1 amide bonds. The monoisotopic (exact) mass is 248 g/mol. The first-order valence-electron chi connectivity index (χ1n) is 5.94. The van der Waals surface area contributed by atoms with Crippen LogP contribution in [0.15, 0.2) is 18.2 Å². The van der Waals surface area contributed by atoms with Gasteiger partial charge in [-0.15, -0.1) is 0 Å². The SMILES string of the molecule is CC(NC(=O)c1cccc2c1CCNC2)C(=O)O. The molecule has 96 valence electrons. The number of hydrogen-bond acceptors (Lipinski definition) is 3. The number of fused-ring (bicyclic) bond motifs is 1. The predicted molar refractivity (Wildman–Crippen MR) is 66.4 cm³/mol. The van der Waals surface area contributed by atoms with Gasteiger partial charge in [0.15, 0.2) is 0 Å². The number of aliphatic carboxylic acids is 1. The third-order valence-electron chi connectivity index (χ3n) is 3.10. The highest BCUT2D eigenvalue weighted by Gasteiger charge is 2.20.